The summed E-state index contributed by atoms with van der Waals surface area (Å²) in [5.74, 6) is 0. The maximum absolute atomic E-state index is 8.11. The van der Waals surface area contributed by atoms with Crippen molar-refractivity contribution in [1.82, 2.24) is 10.3 Å². The van der Waals surface area contributed by atoms with Crippen LogP contribution >= 0.6 is 0 Å². The van der Waals surface area contributed by atoms with E-state index in [9.17, 15) is 0 Å². The highest BCUT2D eigenvalue weighted by Crippen LogP contribution is 2.26. The highest BCUT2D eigenvalue weighted by Gasteiger charge is 2.27. The number of nitrogens with zero attached hydrogens (tertiary/aromatic N) is 2. The van der Waals surface area contributed by atoms with Gasteiger partial charge in [0.25, 0.3) is 0 Å². The second-order valence-electron chi connectivity index (χ2n) is 4.60. The van der Waals surface area contributed by atoms with Crippen molar-refractivity contribution in [2.75, 3.05) is 6.54 Å². The van der Waals surface area contributed by atoms with Gasteiger partial charge in [0.05, 0.1) is 24.2 Å². The van der Waals surface area contributed by atoms with Crippen molar-refractivity contribution in [2.24, 2.45) is 5.10 Å². The molecule has 1 aliphatic carbocycles. The molecule has 2 rings (SSSR count). The van der Waals surface area contributed by atoms with E-state index in [0.717, 1.165) is 17.0 Å². The van der Waals surface area contributed by atoms with Crippen LogP contribution in [0.15, 0.2) is 41.3 Å². The SMILES string of the molecule is C=CCN1N=CC(NC2CC2)=C(C(=N)CC)C1=C. The second-order valence-corrected chi connectivity index (χ2v) is 4.60. The minimum Gasteiger partial charge on any atom is -0.380 e. The highest BCUT2D eigenvalue weighted by atomic mass is 15.5. The third-order valence-corrected chi connectivity index (χ3v) is 3.09. The first-order chi connectivity index (χ1) is 8.67. The van der Waals surface area contributed by atoms with Crippen LogP contribution in [0.3, 0.4) is 0 Å². The Bertz CT molecular complexity index is 441. The van der Waals surface area contributed by atoms with Gasteiger partial charge in [-0.2, -0.15) is 5.10 Å². The number of allylic oxidation sites excluding steroid dienone is 2. The van der Waals surface area contributed by atoms with Crippen molar-refractivity contribution in [2.45, 2.75) is 32.2 Å². The quantitative estimate of drug-likeness (QED) is 0.557. The number of rotatable bonds is 6. The van der Waals surface area contributed by atoms with Crippen LogP contribution in [-0.2, 0) is 0 Å². The highest BCUT2D eigenvalue weighted by molar-refractivity contribution is 6.06. The molecule has 4 nitrogen and oxygen atoms in total. The standard InChI is InChI=1S/C14H20N4/c1-4-8-18-10(3)14(12(15)5-2)13(9-16-18)17-11-6-7-11/h4,9,11,15,17H,1,3,5-8H2,2H3. The topological polar surface area (TPSA) is 51.5 Å². The van der Waals surface area contributed by atoms with Crippen molar-refractivity contribution in [3.8, 4) is 0 Å². The van der Waals surface area contributed by atoms with E-state index in [2.05, 4.69) is 23.6 Å². The van der Waals surface area contributed by atoms with Gasteiger partial charge in [-0.05, 0) is 19.3 Å². The van der Waals surface area contributed by atoms with E-state index < -0.39 is 0 Å². The van der Waals surface area contributed by atoms with E-state index in [1.54, 1.807) is 17.3 Å². The Kier molecular flexibility index (Phi) is 3.65. The molecule has 2 aliphatic rings. The van der Waals surface area contributed by atoms with E-state index in [1.807, 2.05) is 6.92 Å². The molecule has 0 aromatic heterocycles. The largest absolute Gasteiger partial charge is 0.380 e. The summed E-state index contributed by atoms with van der Waals surface area (Å²) in [5.41, 5.74) is 3.21. The molecule has 0 atom stereocenters. The molecule has 0 radical (unpaired) electrons. The van der Waals surface area contributed by atoms with Crippen LogP contribution in [0.2, 0.25) is 0 Å². The maximum Gasteiger partial charge on any atom is 0.0714 e. The van der Waals surface area contributed by atoms with E-state index >= 15 is 0 Å². The number of hydrazone groups is 1. The number of hydrogen-bond donors (Lipinski definition) is 2. The van der Waals surface area contributed by atoms with Gasteiger partial charge in [-0.3, -0.25) is 5.01 Å². The molecular weight excluding hydrogens is 224 g/mol. The Labute approximate surface area is 108 Å². The smallest absolute Gasteiger partial charge is 0.0714 e. The Morgan fingerprint density at radius 3 is 2.94 bits per heavy atom. The lowest BCUT2D eigenvalue weighted by Crippen LogP contribution is -2.31. The normalized spacial score (nSPS) is 19.2. The molecule has 1 heterocycles. The van der Waals surface area contributed by atoms with Crippen LogP contribution in [-0.4, -0.2) is 29.5 Å². The molecule has 1 aliphatic heterocycles. The lowest BCUT2D eigenvalue weighted by molar-refractivity contribution is 0.412. The van der Waals surface area contributed by atoms with E-state index in [-0.39, 0.29) is 0 Å². The molecule has 0 aromatic rings. The fourth-order valence-corrected chi connectivity index (χ4v) is 1.90. The predicted molar refractivity (Wildman–Crippen MR) is 75.7 cm³/mol. The van der Waals surface area contributed by atoms with Gasteiger partial charge in [-0.15, -0.1) is 6.58 Å². The number of hydrogen-bond acceptors (Lipinski definition) is 4. The van der Waals surface area contributed by atoms with Crippen molar-refractivity contribution in [1.29, 1.82) is 5.41 Å². The molecule has 18 heavy (non-hydrogen) atoms. The minimum absolute atomic E-state index is 0.546. The van der Waals surface area contributed by atoms with Crippen LogP contribution in [0.25, 0.3) is 0 Å². The van der Waals surface area contributed by atoms with Gasteiger partial charge in [0.1, 0.15) is 0 Å². The molecule has 2 N–H and O–H groups in total. The molecule has 0 amide bonds. The summed E-state index contributed by atoms with van der Waals surface area (Å²) in [6.45, 7) is 10.4. The molecule has 0 saturated heterocycles. The van der Waals surface area contributed by atoms with Crippen molar-refractivity contribution in [3.63, 3.8) is 0 Å². The van der Waals surface area contributed by atoms with Crippen LogP contribution in [0, 0.1) is 5.41 Å². The van der Waals surface area contributed by atoms with Gasteiger partial charge < -0.3 is 10.7 Å². The summed E-state index contributed by atoms with van der Waals surface area (Å²) in [6, 6.07) is 0.546. The van der Waals surface area contributed by atoms with Crippen molar-refractivity contribution < 1.29 is 0 Å². The van der Waals surface area contributed by atoms with E-state index in [0.29, 0.717) is 24.7 Å². The molecule has 96 valence electrons. The van der Waals surface area contributed by atoms with E-state index in [4.69, 9.17) is 5.41 Å². The Hall–Kier alpha value is -1.84. The first kappa shape index (κ1) is 12.6. The maximum atomic E-state index is 8.11. The zero-order valence-electron chi connectivity index (χ0n) is 10.9. The summed E-state index contributed by atoms with van der Waals surface area (Å²) in [6.07, 6.45) is 6.69. The van der Waals surface area contributed by atoms with E-state index in [1.165, 1.54) is 12.8 Å². The molecule has 0 spiro atoms. The molecule has 0 unspecified atom stereocenters. The van der Waals surface area contributed by atoms with Crippen LogP contribution in [0.4, 0.5) is 0 Å². The summed E-state index contributed by atoms with van der Waals surface area (Å²) in [5, 5.41) is 17.7. The third-order valence-electron chi connectivity index (χ3n) is 3.09. The minimum atomic E-state index is 0.546. The molecule has 0 bridgehead atoms. The Morgan fingerprint density at radius 1 is 1.67 bits per heavy atom. The Balaban J connectivity index is 2.27. The van der Waals surface area contributed by atoms with Gasteiger partial charge >= 0.3 is 0 Å². The van der Waals surface area contributed by atoms with Gasteiger partial charge in [0.15, 0.2) is 0 Å². The zero-order chi connectivity index (χ0) is 13.1. The summed E-state index contributed by atoms with van der Waals surface area (Å²) >= 11 is 0. The summed E-state index contributed by atoms with van der Waals surface area (Å²) < 4.78 is 0. The van der Waals surface area contributed by atoms with Crippen molar-refractivity contribution >= 4 is 11.9 Å². The fourth-order valence-electron chi connectivity index (χ4n) is 1.90. The third kappa shape index (κ3) is 2.53. The van der Waals surface area contributed by atoms with Crippen molar-refractivity contribution in [3.05, 3.63) is 36.2 Å². The predicted octanol–water partition coefficient (Wildman–Crippen LogP) is 2.42. The molecule has 1 fully saturated rings. The fraction of sp³-hybridized carbons (Fsp3) is 0.429. The molecule has 1 saturated carbocycles. The van der Waals surface area contributed by atoms with Gasteiger partial charge in [-0.1, -0.05) is 19.6 Å². The van der Waals surface area contributed by atoms with Gasteiger partial charge in [0.2, 0.25) is 0 Å². The van der Waals surface area contributed by atoms with Crippen LogP contribution < -0.4 is 5.32 Å². The van der Waals surface area contributed by atoms with Gasteiger partial charge in [0, 0.05) is 17.3 Å². The first-order valence-corrected chi connectivity index (χ1v) is 6.37. The lowest BCUT2D eigenvalue weighted by atomic mass is 10.0. The van der Waals surface area contributed by atoms with Gasteiger partial charge in [-0.25, -0.2) is 0 Å². The molecule has 4 heteroatoms. The second kappa shape index (κ2) is 5.21. The average molecular weight is 244 g/mol. The molecule has 0 aromatic carbocycles. The monoisotopic (exact) mass is 244 g/mol. The first-order valence-electron chi connectivity index (χ1n) is 6.37. The zero-order valence-corrected chi connectivity index (χ0v) is 10.9. The van der Waals surface area contributed by atoms with Crippen LogP contribution in [0.5, 0.6) is 0 Å². The molecular formula is C14H20N4. The summed E-state index contributed by atoms with van der Waals surface area (Å²) in [7, 11) is 0. The number of nitrogens with one attached hydrogen (secondary N) is 2. The summed E-state index contributed by atoms with van der Waals surface area (Å²) in [4.78, 5) is 0. The lowest BCUT2D eigenvalue weighted by Gasteiger charge is -2.28. The van der Waals surface area contributed by atoms with Crippen LogP contribution in [0.1, 0.15) is 26.2 Å². The Morgan fingerprint density at radius 2 is 2.39 bits per heavy atom. The average Bonchev–Trinajstić information content (AvgIpc) is 3.16.